The van der Waals surface area contributed by atoms with Gasteiger partial charge in [-0.1, -0.05) is 13.3 Å². The van der Waals surface area contributed by atoms with Crippen molar-refractivity contribution in [3.8, 4) is 0 Å². The van der Waals surface area contributed by atoms with Crippen molar-refractivity contribution in [1.82, 2.24) is 25.4 Å². The molecule has 7 heteroatoms. The molecule has 0 spiro atoms. The number of hydrogen-bond donors (Lipinski definition) is 3. The number of aliphatic hydroxyl groups is 1. The SMILES string of the molecule is CCCC(CCO)CN=C(NCC)NC1CCc2ncnn2C1. The standard InChI is InChI=1S/C16H30N6O/c1-3-5-13(8-9-23)10-18-16(17-4-2)21-14-6-7-15-19-12-20-22(15)11-14/h12-14,23H,3-11H2,1-2H3,(H2,17,18,21). The van der Waals surface area contributed by atoms with Gasteiger partial charge < -0.3 is 15.7 Å². The minimum atomic E-state index is 0.238. The minimum Gasteiger partial charge on any atom is -0.396 e. The first-order valence-corrected chi connectivity index (χ1v) is 8.79. The summed E-state index contributed by atoms with van der Waals surface area (Å²) in [5.74, 6) is 2.38. The summed E-state index contributed by atoms with van der Waals surface area (Å²) in [7, 11) is 0. The number of hydrogen-bond acceptors (Lipinski definition) is 4. The molecule has 0 aromatic carbocycles. The summed E-state index contributed by atoms with van der Waals surface area (Å²) in [6.07, 6.45) is 6.67. The molecule has 0 fully saturated rings. The van der Waals surface area contributed by atoms with Gasteiger partial charge in [0.25, 0.3) is 0 Å². The van der Waals surface area contributed by atoms with E-state index in [0.717, 1.165) is 63.5 Å². The average Bonchev–Trinajstić information content (AvgIpc) is 3.00. The molecule has 0 bridgehead atoms. The maximum Gasteiger partial charge on any atom is 0.191 e. The zero-order chi connectivity index (χ0) is 16.5. The maximum atomic E-state index is 9.17. The van der Waals surface area contributed by atoms with Gasteiger partial charge in [0.2, 0.25) is 0 Å². The number of rotatable bonds is 8. The first kappa shape index (κ1) is 17.7. The van der Waals surface area contributed by atoms with Crippen LogP contribution in [-0.2, 0) is 13.0 Å². The molecule has 2 unspecified atom stereocenters. The average molecular weight is 322 g/mol. The second kappa shape index (κ2) is 9.50. The lowest BCUT2D eigenvalue weighted by atomic mass is 10.0. The molecule has 2 rings (SSSR count). The van der Waals surface area contributed by atoms with Crippen molar-refractivity contribution in [2.24, 2.45) is 10.9 Å². The van der Waals surface area contributed by atoms with Crippen molar-refractivity contribution in [3.63, 3.8) is 0 Å². The molecule has 0 saturated carbocycles. The van der Waals surface area contributed by atoms with Crippen LogP contribution < -0.4 is 10.6 Å². The molecule has 0 aliphatic carbocycles. The molecule has 130 valence electrons. The molecule has 1 aromatic heterocycles. The van der Waals surface area contributed by atoms with Gasteiger partial charge in [0.1, 0.15) is 12.2 Å². The Bertz CT molecular complexity index is 481. The van der Waals surface area contributed by atoms with Crippen LogP contribution in [0.3, 0.4) is 0 Å². The van der Waals surface area contributed by atoms with Gasteiger partial charge in [-0.15, -0.1) is 0 Å². The molecule has 0 radical (unpaired) electrons. The molecule has 7 nitrogen and oxygen atoms in total. The highest BCUT2D eigenvalue weighted by molar-refractivity contribution is 5.80. The summed E-state index contributed by atoms with van der Waals surface area (Å²) in [5.41, 5.74) is 0. The topological polar surface area (TPSA) is 87.4 Å². The molecule has 0 saturated heterocycles. The number of aryl methyl sites for hydroxylation is 1. The predicted octanol–water partition coefficient (Wildman–Crippen LogP) is 0.947. The quantitative estimate of drug-likeness (QED) is 0.490. The predicted molar refractivity (Wildman–Crippen MR) is 91.3 cm³/mol. The van der Waals surface area contributed by atoms with E-state index in [1.54, 1.807) is 6.33 Å². The molecule has 1 aliphatic rings. The van der Waals surface area contributed by atoms with Gasteiger partial charge in [-0.05, 0) is 32.1 Å². The number of nitrogens with one attached hydrogen (secondary N) is 2. The Balaban J connectivity index is 1.91. The molecule has 0 amide bonds. The van der Waals surface area contributed by atoms with Crippen LogP contribution in [0.5, 0.6) is 0 Å². The number of fused-ring (bicyclic) bond motifs is 1. The highest BCUT2D eigenvalue weighted by Gasteiger charge is 2.20. The molecular weight excluding hydrogens is 292 g/mol. The van der Waals surface area contributed by atoms with Gasteiger partial charge in [-0.2, -0.15) is 5.10 Å². The van der Waals surface area contributed by atoms with Crippen LogP contribution in [0.15, 0.2) is 11.3 Å². The Morgan fingerprint density at radius 1 is 1.48 bits per heavy atom. The number of guanidine groups is 1. The molecule has 3 N–H and O–H groups in total. The fourth-order valence-corrected chi connectivity index (χ4v) is 3.01. The van der Waals surface area contributed by atoms with Gasteiger partial charge >= 0.3 is 0 Å². The third kappa shape index (κ3) is 5.49. The summed E-state index contributed by atoms with van der Waals surface area (Å²) in [5, 5.41) is 20.3. The highest BCUT2D eigenvalue weighted by atomic mass is 16.3. The number of aliphatic imine (C=N–C) groups is 1. The summed E-state index contributed by atoms with van der Waals surface area (Å²) in [4.78, 5) is 8.99. The van der Waals surface area contributed by atoms with E-state index in [9.17, 15) is 5.11 Å². The Kier molecular flexibility index (Phi) is 7.32. The fourth-order valence-electron chi connectivity index (χ4n) is 3.01. The third-order valence-electron chi connectivity index (χ3n) is 4.23. The first-order chi connectivity index (χ1) is 11.3. The van der Waals surface area contributed by atoms with E-state index in [0.29, 0.717) is 12.0 Å². The van der Waals surface area contributed by atoms with Crippen molar-refractivity contribution in [3.05, 3.63) is 12.2 Å². The van der Waals surface area contributed by atoms with E-state index in [1.807, 2.05) is 4.68 Å². The van der Waals surface area contributed by atoms with Crippen LogP contribution in [0.25, 0.3) is 0 Å². The maximum absolute atomic E-state index is 9.17. The van der Waals surface area contributed by atoms with Crippen molar-refractivity contribution < 1.29 is 5.11 Å². The van der Waals surface area contributed by atoms with E-state index < -0.39 is 0 Å². The van der Waals surface area contributed by atoms with Crippen molar-refractivity contribution in [2.75, 3.05) is 19.7 Å². The van der Waals surface area contributed by atoms with Crippen LogP contribution in [0.2, 0.25) is 0 Å². The van der Waals surface area contributed by atoms with E-state index >= 15 is 0 Å². The molecule has 2 atom stereocenters. The minimum absolute atomic E-state index is 0.238. The lowest BCUT2D eigenvalue weighted by Gasteiger charge is -2.25. The van der Waals surface area contributed by atoms with Crippen molar-refractivity contribution in [2.45, 2.75) is 58.5 Å². The summed E-state index contributed by atoms with van der Waals surface area (Å²) >= 11 is 0. The van der Waals surface area contributed by atoms with Gasteiger partial charge in [0, 0.05) is 32.2 Å². The van der Waals surface area contributed by atoms with Crippen LogP contribution in [0, 0.1) is 5.92 Å². The Hall–Kier alpha value is -1.63. The smallest absolute Gasteiger partial charge is 0.191 e. The Morgan fingerprint density at radius 3 is 3.09 bits per heavy atom. The molecule has 2 heterocycles. The summed E-state index contributed by atoms with van der Waals surface area (Å²) in [6, 6.07) is 0.324. The van der Waals surface area contributed by atoms with Gasteiger partial charge in [0.15, 0.2) is 5.96 Å². The van der Waals surface area contributed by atoms with Crippen molar-refractivity contribution >= 4 is 5.96 Å². The van der Waals surface area contributed by atoms with E-state index in [-0.39, 0.29) is 6.61 Å². The number of nitrogens with zero attached hydrogens (tertiary/aromatic N) is 4. The summed E-state index contributed by atoms with van der Waals surface area (Å²) in [6.45, 7) is 6.91. The zero-order valence-electron chi connectivity index (χ0n) is 14.3. The summed E-state index contributed by atoms with van der Waals surface area (Å²) < 4.78 is 1.97. The number of aliphatic hydroxyl groups excluding tert-OH is 1. The lowest BCUT2D eigenvalue weighted by Crippen LogP contribution is -2.47. The molecule has 23 heavy (non-hydrogen) atoms. The van der Waals surface area contributed by atoms with E-state index in [2.05, 4.69) is 34.6 Å². The van der Waals surface area contributed by atoms with E-state index in [4.69, 9.17) is 4.99 Å². The van der Waals surface area contributed by atoms with Crippen LogP contribution in [0.1, 0.15) is 45.4 Å². The Labute approximate surface area is 138 Å². The van der Waals surface area contributed by atoms with E-state index in [1.165, 1.54) is 0 Å². The normalized spacial score (nSPS) is 19.3. The molecule has 1 aliphatic heterocycles. The largest absolute Gasteiger partial charge is 0.396 e. The fraction of sp³-hybridized carbons (Fsp3) is 0.812. The monoisotopic (exact) mass is 322 g/mol. The second-order valence-corrected chi connectivity index (χ2v) is 6.12. The van der Waals surface area contributed by atoms with Crippen LogP contribution >= 0.6 is 0 Å². The number of aromatic nitrogens is 3. The highest BCUT2D eigenvalue weighted by Crippen LogP contribution is 2.12. The zero-order valence-corrected chi connectivity index (χ0v) is 14.3. The molecular formula is C16H30N6O. The second-order valence-electron chi connectivity index (χ2n) is 6.12. The van der Waals surface area contributed by atoms with Gasteiger partial charge in [-0.3, -0.25) is 4.99 Å². The Morgan fingerprint density at radius 2 is 2.35 bits per heavy atom. The van der Waals surface area contributed by atoms with Crippen molar-refractivity contribution in [1.29, 1.82) is 0 Å². The lowest BCUT2D eigenvalue weighted by molar-refractivity contribution is 0.253. The third-order valence-corrected chi connectivity index (χ3v) is 4.23. The first-order valence-electron chi connectivity index (χ1n) is 8.79. The van der Waals surface area contributed by atoms with Gasteiger partial charge in [-0.25, -0.2) is 9.67 Å². The van der Waals surface area contributed by atoms with Crippen LogP contribution in [0.4, 0.5) is 0 Å². The molecule has 1 aromatic rings. The van der Waals surface area contributed by atoms with Gasteiger partial charge in [0.05, 0.1) is 6.54 Å². The van der Waals surface area contributed by atoms with Crippen LogP contribution in [-0.4, -0.2) is 51.6 Å².